The zero-order valence-corrected chi connectivity index (χ0v) is 15.9. The van der Waals surface area contributed by atoms with E-state index < -0.39 is 0 Å². The molecule has 0 saturated heterocycles. The van der Waals surface area contributed by atoms with Crippen LogP contribution < -0.4 is 31.6 Å². The fourth-order valence-corrected chi connectivity index (χ4v) is 3.26. The largest absolute Gasteiger partial charge is 1.00 e. The number of halogens is 2. The number of hydrogen-bond acceptors (Lipinski definition) is 3. The molecule has 1 N–H and O–H groups in total. The van der Waals surface area contributed by atoms with Crippen molar-refractivity contribution >= 4 is 33.8 Å². The molecule has 0 aliphatic carbocycles. The number of ether oxygens (including phenoxy) is 1. The number of aryl methyl sites for hydroxylation is 1. The molecule has 0 fully saturated rings. The fourth-order valence-electron chi connectivity index (χ4n) is 2.10. The molecule has 0 unspecified atom stereocenters. The molecule has 0 aliphatic heterocycles. The minimum absolute atomic E-state index is 0. The summed E-state index contributed by atoms with van der Waals surface area (Å²) >= 11 is 7.64. The van der Waals surface area contributed by atoms with Crippen molar-refractivity contribution in [1.29, 1.82) is 0 Å². The van der Waals surface area contributed by atoms with E-state index in [0.29, 0.717) is 0 Å². The minimum atomic E-state index is 0. The highest BCUT2D eigenvalue weighted by molar-refractivity contribution is 7.18. The summed E-state index contributed by atoms with van der Waals surface area (Å²) in [4.78, 5) is 1.19. The molecule has 0 amide bonds. The van der Waals surface area contributed by atoms with Gasteiger partial charge in [0.1, 0.15) is 17.6 Å². The van der Waals surface area contributed by atoms with E-state index in [1.54, 1.807) is 18.4 Å². The maximum Gasteiger partial charge on any atom is 0.339 e. The minimum Gasteiger partial charge on any atom is -1.00 e. The normalized spacial score (nSPS) is 10.0. The third-order valence-corrected chi connectivity index (χ3v) is 4.70. The van der Waals surface area contributed by atoms with Crippen molar-refractivity contribution in [3.63, 3.8) is 0 Å². The number of benzene rings is 2. The van der Waals surface area contributed by atoms with Crippen molar-refractivity contribution in [2.75, 3.05) is 12.4 Å². The average molecular weight is 412 g/mol. The molecule has 0 radical (unpaired) electrons. The molecule has 0 saturated carbocycles. The van der Waals surface area contributed by atoms with E-state index in [-0.39, 0.29) is 17.0 Å². The molecule has 0 atom stereocenters. The summed E-state index contributed by atoms with van der Waals surface area (Å²) in [5, 5.41) is 5.24. The van der Waals surface area contributed by atoms with Crippen LogP contribution in [-0.2, 0) is 7.05 Å². The van der Waals surface area contributed by atoms with Gasteiger partial charge in [-0.1, -0.05) is 23.7 Å². The van der Waals surface area contributed by atoms with Gasteiger partial charge in [0, 0.05) is 5.02 Å². The molecule has 120 valence electrons. The number of nitrogens with zero attached hydrogens (tertiary/aromatic N) is 1. The SMILES string of the molecule is COc1ccc(Nc2sc(-c3ccc(Cl)cc3)c[n+]2C)cc1.[Br-]. The summed E-state index contributed by atoms with van der Waals surface area (Å²) < 4.78 is 7.26. The van der Waals surface area contributed by atoms with Crippen molar-refractivity contribution in [2.24, 2.45) is 7.05 Å². The smallest absolute Gasteiger partial charge is 0.339 e. The fraction of sp³-hybridized carbons (Fsp3) is 0.118. The number of methoxy groups -OCH3 is 1. The summed E-state index contributed by atoms with van der Waals surface area (Å²) in [6.07, 6.45) is 2.11. The Labute approximate surface area is 155 Å². The van der Waals surface area contributed by atoms with E-state index in [9.17, 15) is 0 Å². The van der Waals surface area contributed by atoms with Crippen molar-refractivity contribution in [2.45, 2.75) is 0 Å². The molecule has 3 aromatic rings. The van der Waals surface area contributed by atoms with Crippen molar-refractivity contribution < 1.29 is 26.3 Å². The van der Waals surface area contributed by atoms with Gasteiger partial charge in [0.25, 0.3) is 0 Å². The molecule has 6 heteroatoms. The second kappa shape index (κ2) is 7.81. The molecule has 1 heterocycles. The average Bonchev–Trinajstić information content (AvgIpc) is 2.90. The molecule has 3 nitrogen and oxygen atoms in total. The molecular weight excluding hydrogens is 396 g/mol. The number of anilines is 2. The van der Waals surface area contributed by atoms with Crippen LogP contribution in [0.5, 0.6) is 5.75 Å². The second-order valence-electron chi connectivity index (χ2n) is 4.87. The van der Waals surface area contributed by atoms with Gasteiger partial charge in [0.15, 0.2) is 0 Å². The topological polar surface area (TPSA) is 25.1 Å². The third-order valence-electron chi connectivity index (χ3n) is 3.31. The Hall–Kier alpha value is -1.56. The first-order valence-electron chi connectivity index (χ1n) is 6.82. The van der Waals surface area contributed by atoms with Crippen LogP contribution in [0, 0.1) is 0 Å². The molecule has 2 aromatic carbocycles. The summed E-state index contributed by atoms with van der Waals surface area (Å²) in [5.41, 5.74) is 2.19. The van der Waals surface area contributed by atoms with E-state index >= 15 is 0 Å². The van der Waals surface area contributed by atoms with E-state index in [1.165, 1.54) is 4.88 Å². The van der Waals surface area contributed by atoms with Crippen LogP contribution in [0.25, 0.3) is 10.4 Å². The highest BCUT2D eigenvalue weighted by Crippen LogP contribution is 2.30. The molecule has 3 rings (SSSR count). The lowest BCUT2D eigenvalue weighted by Gasteiger charge is -2.00. The molecular formula is C17H16BrClN2OS. The Morgan fingerprint density at radius 2 is 1.70 bits per heavy atom. The van der Waals surface area contributed by atoms with Gasteiger partial charge in [-0.05, 0) is 53.3 Å². The van der Waals surface area contributed by atoms with Crippen molar-refractivity contribution in [3.8, 4) is 16.2 Å². The monoisotopic (exact) mass is 410 g/mol. The molecule has 0 bridgehead atoms. The van der Waals surface area contributed by atoms with Crippen LogP contribution in [0.4, 0.5) is 10.8 Å². The lowest BCUT2D eigenvalue weighted by molar-refractivity contribution is -0.652. The van der Waals surface area contributed by atoms with Crippen LogP contribution in [0.3, 0.4) is 0 Å². The van der Waals surface area contributed by atoms with Gasteiger partial charge in [-0.2, -0.15) is 0 Å². The third kappa shape index (κ3) is 4.25. The van der Waals surface area contributed by atoms with Crippen molar-refractivity contribution in [3.05, 3.63) is 59.8 Å². The van der Waals surface area contributed by atoms with Gasteiger partial charge in [0.2, 0.25) is 0 Å². The Kier molecular flexibility index (Phi) is 6.04. The summed E-state index contributed by atoms with van der Waals surface area (Å²) in [6, 6.07) is 15.8. The zero-order chi connectivity index (χ0) is 15.5. The maximum atomic E-state index is 5.94. The molecule has 23 heavy (non-hydrogen) atoms. The summed E-state index contributed by atoms with van der Waals surface area (Å²) in [7, 11) is 3.70. The standard InChI is InChI=1S/C17H15ClN2OS.BrH/c1-20-11-16(12-3-5-13(18)6-4-12)22-17(20)19-14-7-9-15(21-2)10-8-14;/h3-11H,1-2H3;1H. The quantitative estimate of drug-likeness (QED) is 0.661. The van der Waals surface area contributed by atoms with Gasteiger partial charge < -0.3 is 21.7 Å². The number of nitrogens with one attached hydrogen (secondary N) is 1. The molecule has 1 aromatic heterocycles. The van der Waals surface area contributed by atoms with Gasteiger partial charge in [-0.3, -0.25) is 0 Å². The van der Waals surface area contributed by atoms with Gasteiger partial charge in [0.05, 0.1) is 19.0 Å². The Morgan fingerprint density at radius 3 is 2.30 bits per heavy atom. The molecule has 0 spiro atoms. The first-order chi connectivity index (χ1) is 10.7. The van der Waals surface area contributed by atoms with Crippen LogP contribution in [0.15, 0.2) is 54.7 Å². The van der Waals surface area contributed by atoms with Crippen molar-refractivity contribution in [1.82, 2.24) is 0 Å². The highest BCUT2D eigenvalue weighted by atomic mass is 79.9. The van der Waals surface area contributed by atoms with Gasteiger partial charge in [-0.25, -0.2) is 9.88 Å². The lowest BCUT2D eigenvalue weighted by Crippen LogP contribution is -3.00. The van der Waals surface area contributed by atoms with Crippen LogP contribution in [0.2, 0.25) is 5.02 Å². The zero-order valence-electron chi connectivity index (χ0n) is 12.7. The van der Waals surface area contributed by atoms with Gasteiger partial charge >= 0.3 is 5.13 Å². The summed E-state index contributed by atoms with van der Waals surface area (Å²) in [6.45, 7) is 0. The summed E-state index contributed by atoms with van der Waals surface area (Å²) in [5.74, 6) is 0.850. The lowest BCUT2D eigenvalue weighted by atomic mass is 10.2. The maximum absolute atomic E-state index is 5.94. The highest BCUT2D eigenvalue weighted by Gasteiger charge is 2.14. The van der Waals surface area contributed by atoms with Gasteiger partial charge in [-0.15, -0.1) is 0 Å². The number of rotatable bonds is 4. The number of thiazole rings is 1. The predicted octanol–water partition coefficient (Wildman–Crippen LogP) is 1.65. The Balaban J connectivity index is 0.00000192. The van der Waals surface area contributed by atoms with E-state index in [2.05, 4.69) is 16.1 Å². The van der Waals surface area contributed by atoms with Crippen LogP contribution in [-0.4, -0.2) is 7.11 Å². The first kappa shape index (κ1) is 17.8. The number of hydrogen-bond donors (Lipinski definition) is 1. The second-order valence-corrected chi connectivity index (χ2v) is 6.34. The van der Waals surface area contributed by atoms with Crippen LogP contribution >= 0.6 is 22.9 Å². The predicted molar refractivity (Wildman–Crippen MR) is 92.2 cm³/mol. The van der Waals surface area contributed by atoms with E-state index in [0.717, 1.165) is 27.2 Å². The van der Waals surface area contributed by atoms with Crippen LogP contribution in [0.1, 0.15) is 0 Å². The van der Waals surface area contributed by atoms with E-state index in [4.69, 9.17) is 16.3 Å². The molecule has 0 aliphatic rings. The van der Waals surface area contributed by atoms with E-state index in [1.807, 2.05) is 55.6 Å². The Bertz CT molecular complexity index is 772. The Morgan fingerprint density at radius 1 is 1.04 bits per heavy atom. The number of aromatic nitrogens is 1. The first-order valence-corrected chi connectivity index (χ1v) is 8.01.